The van der Waals surface area contributed by atoms with Crippen molar-refractivity contribution in [3.63, 3.8) is 0 Å². The fraction of sp³-hybridized carbons (Fsp3) is 0.750. The van der Waals surface area contributed by atoms with Crippen LogP contribution in [0.25, 0.3) is 0 Å². The lowest BCUT2D eigenvalue weighted by atomic mass is 9.66. The Hall–Kier alpha value is -0.340. The predicted octanol–water partition coefficient (Wildman–Crippen LogP) is 4.55. The second kappa shape index (κ2) is 4.97. The van der Waals surface area contributed by atoms with Gasteiger partial charge in [0.05, 0.1) is 5.60 Å². The zero-order valence-electron chi connectivity index (χ0n) is 11.2. The monoisotopic (exact) mass is 264 g/mol. The lowest BCUT2D eigenvalue weighted by molar-refractivity contribution is -0.0383. The molecule has 0 aromatic carbocycles. The molecule has 3 rings (SSSR count). The van der Waals surface area contributed by atoms with Crippen LogP contribution in [0.5, 0.6) is 0 Å². The van der Waals surface area contributed by atoms with Gasteiger partial charge in [0.15, 0.2) is 0 Å². The highest BCUT2D eigenvalue weighted by atomic mass is 32.1. The molecule has 1 nitrogen and oxygen atoms in total. The summed E-state index contributed by atoms with van der Waals surface area (Å²) in [6.45, 7) is 0. The van der Waals surface area contributed by atoms with Crippen molar-refractivity contribution >= 4 is 11.3 Å². The van der Waals surface area contributed by atoms with E-state index in [1.807, 2.05) is 11.3 Å². The molecule has 2 aliphatic rings. The third kappa shape index (κ3) is 2.65. The van der Waals surface area contributed by atoms with E-state index in [0.29, 0.717) is 5.41 Å². The van der Waals surface area contributed by atoms with Gasteiger partial charge >= 0.3 is 0 Å². The molecule has 1 spiro atoms. The molecule has 2 heteroatoms. The second-order valence-corrected chi connectivity index (χ2v) is 7.54. The van der Waals surface area contributed by atoms with Crippen molar-refractivity contribution in [2.75, 3.05) is 0 Å². The molecule has 0 aliphatic heterocycles. The number of aliphatic hydroxyl groups is 1. The molecule has 2 aliphatic carbocycles. The summed E-state index contributed by atoms with van der Waals surface area (Å²) in [5.74, 6) is 0. The van der Waals surface area contributed by atoms with Crippen molar-refractivity contribution in [2.24, 2.45) is 5.41 Å². The van der Waals surface area contributed by atoms with Crippen molar-refractivity contribution in [2.45, 2.75) is 69.8 Å². The first-order chi connectivity index (χ1) is 8.70. The van der Waals surface area contributed by atoms with Crippen LogP contribution < -0.4 is 0 Å². The van der Waals surface area contributed by atoms with Crippen LogP contribution >= 0.6 is 11.3 Å². The maximum atomic E-state index is 10.7. The van der Waals surface area contributed by atoms with Gasteiger partial charge < -0.3 is 5.11 Å². The molecule has 100 valence electrons. The lowest BCUT2D eigenvalue weighted by Crippen LogP contribution is -2.38. The Kier molecular flexibility index (Phi) is 3.50. The maximum absolute atomic E-state index is 10.7. The van der Waals surface area contributed by atoms with Gasteiger partial charge in [-0.15, -0.1) is 11.3 Å². The first-order valence-electron chi connectivity index (χ1n) is 7.45. The molecule has 0 amide bonds. The molecule has 0 atom stereocenters. The van der Waals surface area contributed by atoms with E-state index < -0.39 is 0 Å². The van der Waals surface area contributed by atoms with Crippen LogP contribution in [0.2, 0.25) is 0 Å². The molecule has 2 fully saturated rings. The van der Waals surface area contributed by atoms with Crippen LogP contribution in [-0.2, 0) is 6.42 Å². The van der Waals surface area contributed by atoms with Crippen molar-refractivity contribution in [3.05, 3.63) is 22.4 Å². The Morgan fingerprint density at radius 1 is 1.06 bits per heavy atom. The zero-order chi connectivity index (χ0) is 12.5. The fourth-order valence-corrected chi connectivity index (χ4v) is 4.64. The summed E-state index contributed by atoms with van der Waals surface area (Å²) in [4.78, 5) is 1.42. The summed E-state index contributed by atoms with van der Waals surface area (Å²) in [6.07, 6.45) is 12.3. The molecule has 1 aromatic heterocycles. The molecule has 1 aromatic rings. The van der Waals surface area contributed by atoms with Gasteiger partial charge in [-0.3, -0.25) is 0 Å². The lowest BCUT2D eigenvalue weighted by Gasteiger charge is -2.42. The van der Waals surface area contributed by atoms with Crippen molar-refractivity contribution in [1.82, 2.24) is 0 Å². The van der Waals surface area contributed by atoms with Gasteiger partial charge in [-0.25, -0.2) is 0 Å². The van der Waals surface area contributed by atoms with Crippen LogP contribution in [0.15, 0.2) is 17.5 Å². The Morgan fingerprint density at radius 2 is 1.78 bits per heavy atom. The van der Waals surface area contributed by atoms with E-state index in [9.17, 15) is 5.11 Å². The van der Waals surface area contributed by atoms with E-state index in [1.54, 1.807) is 0 Å². The minimum absolute atomic E-state index is 0.363. The number of aryl methyl sites for hydroxylation is 1. The molecule has 0 bridgehead atoms. The van der Waals surface area contributed by atoms with Crippen LogP contribution in [-0.4, -0.2) is 10.7 Å². The predicted molar refractivity (Wildman–Crippen MR) is 77.0 cm³/mol. The smallest absolute Gasteiger partial charge is 0.0651 e. The van der Waals surface area contributed by atoms with Gasteiger partial charge in [-0.2, -0.15) is 0 Å². The van der Waals surface area contributed by atoms with E-state index in [-0.39, 0.29) is 5.60 Å². The van der Waals surface area contributed by atoms with Gasteiger partial charge in [-0.1, -0.05) is 18.9 Å². The Morgan fingerprint density at radius 3 is 2.39 bits per heavy atom. The van der Waals surface area contributed by atoms with Crippen molar-refractivity contribution in [1.29, 1.82) is 0 Å². The first kappa shape index (κ1) is 12.7. The highest BCUT2D eigenvalue weighted by Crippen LogP contribution is 2.51. The SMILES string of the molecule is OC1(CCc2cccs2)CCC2(CCCC2)CC1. The second-order valence-electron chi connectivity index (χ2n) is 6.51. The first-order valence-corrected chi connectivity index (χ1v) is 8.33. The van der Waals surface area contributed by atoms with Gasteiger partial charge in [0.2, 0.25) is 0 Å². The number of thiophene rings is 1. The molecule has 0 saturated heterocycles. The Bertz CT molecular complexity index is 366. The molecular formula is C16H24OS. The summed E-state index contributed by atoms with van der Waals surface area (Å²) in [5.41, 5.74) is 0.271. The van der Waals surface area contributed by atoms with Gasteiger partial charge in [0.1, 0.15) is 0 Å². The average Bonchev–Trinajstić information content (AvgIpc) is 3.04. The normalized spacial score (nSPS) is 25.6. The standard InChI is InChI=1S/C16H24OS/c17-16(8-5-14-4-3-13-18-14)11-9-15(10-12-16)6-1-2-7-15/h3-4,13,17H,1-2,5-12H2. The fourth-order valence-electron chi connectivity index (χ4n) is 3.93. The van der Waals surface area contributed by atoms with E-state index in [2.05, 4.69) is 17.5 Å². The van der Waals surface area contributed by atoms with E-state index >= 15 is 0 Å². The van der Waals surface area contributed by atoms with E-state index in [1.165, 1.54) is 43.4 Å². The summed E-state index contributed by atoms with van der Waals surface area (Å²) in [7, 11) is 0. The number of hydrogen-bond acceptors (Lipinski definition) is 2. The third-order valence-corrected chi connectivity index (χ3v) is 6.26. The Labute approximate surface area is 114 Å². The summed E-state index contributed by atoms with van der Waals surface area (Å²) in [5, 5.41) is 12.9. The zero-order valence-corrected chi connectivity index (χ0v) is 12.0. The van der Waals surface area contributed by atoms with Gasteiger partial charge in [-0.05, 0) is 68.2 Å². The highest BCUT2D eigenvalue weighted by molar-refractivity contribution is 7.09. The largest absolute Gasteiger partial charge is 0.390 e. The molecule has 0 unspecified atom stereocenters. The third-order valence-electron chi connectivity index (χ3n) is 5.32. The Balaban J connectivity index is 1.53. The molecule has 0 radical (unpaired) electrons. The average molecular weight is 264 g/mol. The molecule has 2 saturated carbocycles. The van der Waals surface area contributed by atoms with Crippen LogP contribution in [0.3, 0.4) is 0 Å². The minimum Gasteiger partial charge on any atom is -0.390 e. The highest BCUT2D eigenvalue weighted by Gasteiger charge is 2.42. The maximum Gasteiger partial charge on any atom is 0.0651 e. The van der Waals surface area contributed by atoms with Crippen LogP contribution in [0, 0.1) is 5.41 Å². The molecular weight excluding hydrogens is 240 g/mol. The van der Waals surface area contributed by atoms with Gasteiger partial charge in [0.25, 0.3) is 0 Å². The molecule has 18 heavy (non-hydrogen) atoms. The summed E-state index contributed by atoms with van der Waals surface area (Å²) >= 11 is 1.82. The minimum atomic E-state index is -0.363. The van der Waals surface area contributed by atoms with E-state index in [0.717, 1.165) is 25.7 Å². The quantitative estimate of drug-likeness (QED) is 0.849. The molecule has 1 N–H and O–H groups in total. The van der Waals surface area contributed by atoms with E-state index in [4.69, 9.17) is 0 Å². The van der Waals surface area contributed by atoms with Crippen molar-refractivity contribution in [3.8, 4) is 0 Å². The topological polar surface area (TPSA) is 20.2 Å². The summed E-state index contributed by atoms with van der Waals surface area (Å²) < 4.78 is 0. The number of rotatable bonds is 3. The molecule has 1 heterocycles. The number of hydrogen-bond donors (Lipinski definition) is 1. The van der Waals surface area contributed by atoms with Crippen LogP contribution in [0.1, 0.15) is 62.7 Å². The summed E-state index contributed by atoms with van der Waals surface area (Å²) in [6, 6.07) is 4.30. The van der Waals surface area contributed by atoms with Gasteiger partial charge in [0, 0.05) is 4.88 Å². The van der Waals surface area contributed by atoms with Crippen molar-refractivity contribution < 1.29 is 5.11 Å². The van der Waals surface area contributed by atoms with Crippen LogP contribution in [0.4, 0.5) is 0 Å².